The topological polar surface area (TPSA) is 97.1 Å². The molecule has 0 saturated heterocycles. The van der Waals surface area contributed by atoms with E-state index in [1.54, 1.807) is 19.2 Å². The van der Waals surface area contributed by atoms with Crippen molar-refractivity contribution in [3.8, 4) is 0 Å². The molecule has 0 aliphatic carbocycles. The van der Waals surface area contributed by atoms with Crippen LogP contribution in [-0.4, -0.2) is 19.9 Å². The Morgan fingerprint density at radius 2 is 2.19 bits per heavy atom. The van der Waals surface area contributed by atoms with E-state index in [-0.39, 0.29) is 10.9 Å². The van der Waals surface area contributed by atoms with Crippen LogP contribution in [0.4, 0.5) is 11.4 Å². The highest BCUT2D eigenvalue weighted by molar-refractivity contribution is 7.89. The minimum atomic E-state index is -3.50. The highest BCUT2D eigenvalue weighted by Crippen LogP contribution is 2.27. The quantitative estimate of drug-likeness (QED) is 0.707. The first-order valence-electron chi connectivity index (χ1n) is 6.49. The smallest absolute Gasteiger partial charge is 0.240 e. The van der Waals surface area contributed by atoms with Crippen molar-refractivity contribution >= 4 is 32.7 Å². The summed E-state index contributed by atoms with van der Waals surface area (Å²) >= 11 is 1.53. The van der Waals surface area contributed by atoms with Crippen molar-refractivity contribution in [2.24, 2.45) is 0 Å². The minimum absolute atomic E-state index is 0.0515. The highest BCUT2D eigenvalue weighted by atomic mass is 32.2. The molecule has 6 nitrogen and oxygen atoms in total. The van der Waals surface area contributed by atoms with Gasteiger partial charge >= 0.3 is 0 Å². The number of nitrogens with two attached hydrogens (primary N) is 1. The molecule has 1 heterocycles. The van der Waals surface area contributed by atoms with Crippen molar-refractivity contribution in [3.63, 3.8) is 0 Å². The van der Waals surface area contributed by atoms with E-state index in [9.17, 15) is 8.42 Å². The first-order valence-corrected chi connectivity index (χ1v) is 8.85. The van der Waals surface area contributed by atoms with E-state index in [1.807, 2.05) is 12.3 Å². The molecule has 0 saturated carbocycles. The lowest BCUT2D eigenvalue weighted by atomic mass is 10.2. The molecule has 2 aromatic rings. The molecule has 1 aromatic carbocycles. The van der Waals surface area contributed by atoms with E-state index in [1.165, 1.54) is 23.5 Å². The summed E-state index contributed by atoms with van der Waals surface area (Å²) in [5, 5.41) is 6.00. The molecule has 21 heavy (non-hydrogen) atoms. The molecular weight excluding hydrogens is 308 g/mol. The fraction of sp³-hybridized carbons (Fsp3) is 0.308. The van der Waals surface area contributed by atoms with Gasteiger partial charge in [-0.3, -0.25) is 0 Å². The van der Waals surface area contributed by atoms with E-state index >= 15 is 0 Å². The molecular formula is C13H18N4O2S2. The number of nitrogen functional groups attached to an aromatic ring is 1. The van der Waals surface area contributed by atoms with Gasteiger partial charge in [-0.1, -0.05) is 6.92 Å². The number of hydrogen-bond acceptors (Lipinski definition) is 6. The zero-order valence-electron chi connectivity index (χ0n) is 11.8. The Hall–Kier alpha value is -1.64. The van der Waals surface area contributed by atoms with Gasteiger partial charge in [-0.25, -0.2) is 18.1 Å². The Morgan fingerprint density at radius 3 is 2.81 bits per heavy atom. The molecule has 8 heteroatoms. The number of aromatic nitrogens is 1. The number of sulfonamides is 1. The van der Waals surface area contributed by atoms with Crippen LogP contribution in [0.25, 0.3) is 0 Å². The van der Waals surface area contributed by atoms with Crippen molar-refractivity contribution < 1.29 is 8.42 Å². The van der Waals surface area contributed by atoms with Gasteiger partial charge < -0.3 is 11.1 Å². The Morgan fingerprint density at radius 1 is 1.43 bits per heavy atom. The predicted octanol–water partition coefficient (Wildman–Crippen LogP) is 2.20. The molecule has 0 bridgehead atoms. The molecule has 0 radical (unpaired) electrons. The zero-order valence-corrected chi connectivity index (χ0v) is 13.5. The fourth-order valence-electron chi connectivity index (χ4n) is 1.84. The van der Waals surface area contributed by atoms with Gasteiger partial charge in [-0.05, 0) is 25.1 Å². The summed E-state index contributed by atoms with van der Waals surface area (Å²) in [5.74, 6) is 0. The van der Waals surface area contributed by atoms with E-state index in [4.69, 9.17) is 5.73 Å². The summed E-state index contributed by atoms with van der Waals surface area (Å²) in [6.45, 7) is 4.02. The molecule has 0 aliphatic rings. The van der Waals surface area contributed by atoms with Crippen LogP contribution in [0.15, 0.2) is 34.7 Å². The first-order chi connectivity index (χ1) is 9.94. The van der Waals surface area contributed by atoms with Crippen LogP contribution in [0.5, 0.6) is 0 Å². The van der Waals surface area contributed by atoms with Crippen molar-refractivity contribution in [3.05, 3.63) is 34.8 Å². The lowest BCUT2D eigenvalue weighted by Gasteiger charge is -2.16. The maximum Gasteiger partial charge on any atom is 0.240 e. The number of thiazole rings is 1. The molecule has 1 aromatic heterocycles. The molecule has 0 aliphatic heterocycles. The van der Waals surface area contributed by atoms with Gasteiger partial charge in [0, 0.05) is 18.1 Å². The van der Waals surface area contributed by atoms with Gasteiger partial charge in [0.1, 0.15) is 5.01 Å². The van der Waals surface area contributed by atoms with Crippen LogP contribution >= 0.6 is 11.3 Å². The third-order valence-corrected chi connectivity index (χ3v) is 5.36. The molecule has 1 unspecified atom stereocenters. The number of hydrogen-bond donors (Lipinski definition) is 3. The Labute approximate surface area is 128 Å². The largest absolute Gasteiger partial charge is 0.397 e. The maximum atomic E-state index is 12.0. The van der Waals surface area contributed by atoms with E-state index in [2.05, 4.69) is 15.0 Å². The molecule has 4 N–H and O–H groups in total. The average molecular weight is 326 g/mol. The normalized spacial score (nSPS) is 13.0. The van der Waals surface area contributed by atoms with Gasteiger partial charge in [-0.15, -0.1) is 11.3 Å². The van der Waals surface area contributed by atoms with Crippen molar-refractivity contribution in [1.29, 1.82) is 0 Å². The molecule has 0 spiro atoms. The van der Waals surface area contributed by atoms with Crippen LogP contribution in [-0.2, 0) is 10.0 Å². The van der Waals surface area contributed by atoms with E-state index in [0.29, 0.717) is 17.9 Å². The summed E-state index contributed by atoms with van der Waals surface area (Å²) in [6, 6.07) is 4.56. The fourth-order valence-corrected chi connectivity index (χ4v) is 3.56. The van der Waals surface area contributed by atoms with Gasteiger partial charge in [0.05, 0.1) is 22.3 Å². The van der Waals surface area contributed by atoms with Gasteiger partial charge in [0.15, 0.2) is 0 Å². The summed E-state index contributed by atoms with van der Waals surface area (Å²) < 4.78 is 26.5. The third kappa shape index (κ3) is 3.72. The third-order valence-electron chi connectivity index (χ3n) is 2.86. The molecule has 0 amide bonds. The van der Waals surface area contributed by atoms with Gasteiger partial charge in [-0.2, -0.15) is 0 Å². The lowest BCUT2D eigenvalue weighted by Crippen LogP contribution is -2.23. The number of nitrogens with zero attached hydrogens (tertiary/aromatic N) is 1. The summed E-state index contributed by atoms with van der Waals surface area (Å²) in [7, 11) is -3.50. The maximum absolute atomic E-state index is 12.0. The molecule has 2 rings (SSSR count). The number of rotatable bonds is 6. The van der Waals surface area contributed by atoms with Crippen molar-refractivity contribution in [2.45, 2.75) is 24.8 Å². The molecule has 0 fully saturated rings. The van der Waals surface area contributed by atoms with Crippen LogP contribution in [0.1, 0.15) is 24.9 Å². The number of nitrogens with one attached hydrogen (secondary N) is 2. The number of benzene rings is 1. The second-order valence-electron chi connectivity index (χ2n) is 4.49. The molecule has 114 valence electrons. The van der Waals surface area contributed by atoms with Crippen LogP contribution in [0, 0.1) is 0 Å². The van der Waals surface area contributed by atoms with Gasteiger partial charge in [0.2, 0.25) is 10.0 Å². The SMILES string of the molecule is CCNS(=O)(=O)c1ccc(N)c(NC(C)c2nccs2)c1. The lowest BCUT2D eigenvalue weighted by molar-refractivity contribution is 0.584. The molecule has 1 atom stereocenters. The van der Waals surface area contributed by atoms with Crippen LogP contribution in [0.3, 0.4) is 0 Å². The zero-order chi connectivity index (χ0) is 15.5. The summed E-state index contributed by atoms with van der Waals surface area (Å²) in [4.78, 5) is 4.41. The number of anilines is 2. The van der Waals surface area contributed by atoms with Gasteiger partial charge in [0.25, 0.3) is 0 Å². The minimum Gasteiger partial charge on any atom is -0.397 e. The Balaban J connectivity index is 2.28. The monoisotopic (exact) mass is 326 g/mol. The average Bonchev–Trinajstić information content (AvgIpc) is 2.95. The summed E-state index contributed by atoms with van der Waals surface area (Å²) in [5.41, 5.74) is 6.99. The highest BCUT2D eigenvalue weighted by Gasteiger charge is 2.16. The Bertz CT molecular complexity index is 699. The van der Waals surface area contributed by atoms with Crippen molar-refractivity contribution in [2.75, 3.05) is 17.6 Å². The van der Waals surface area contributed by atoms with Crippen LogP contribution in [0.2, 0.25) is 0 Å². The summed E-state index contributed by atoms with van der Waals surface area (Å²) in [6.07, 6.45) is 1.73. The van der Waals surface area contributed by atoms with Crippen molar-refractivity contribution in [1.82, 2.24) is 9.71 Å². The first kappa shape index (κ1) is 15.7. The predicted molar refractivity (Wildman–Crippen MR) is 85.9 cm³/mol. The van der Waals surface area contributed by atoms with E-state index < -0.39 is 10.0 Å². The van der Waals surface area contributed by atoms with E-state index in [0.717, 1.165) is 5.01 Å². The Kier molecular flexibility index (Phi) is 4.81. The second kappa shape index (κ2) is 6.42. The van der Waals surface area contributed by atoms with Crippen LogP contribution < -0.4 is 15.8 Å². The standard InChI is InChI=1S/C13H18N4O2S2/c1-3-16-21(18,19)10-4-5-11(14)12(8-10)17-9(2)13-15-6-7-20-13/h4-9,16-17H,3,14H2,1-2H3. The second-order valence-corrected chi connectivity index (χ2v) is 7.18.